The van der Waals surface area contributed by atoms with E-state index >= 15 is 0 Å². The van der Waals surface area contributed by atoms with Crippen molar-refractivity contribution in [3.8, 4) is 0 Å². The maximum absolute atomic E-state index is 5.74. The molecule has 0 saturated heterocycles. The lowest BCUT2D eigenvalue weighted by atomic mass is 10.2. The summed E-state index contributed by atoms with van der Waals surface area (Å²) in [4.78, 5) is 10.6. The maximum Gasteiger partial charge on any atom is 0.222 e. The number of aromatic nitrogens is 2. The third kappa shape index (κ3) is 2.68. The molecule has 1 aromatic carbocycles. The molecule has 2 N–H and O–H groups in total. The number of hydrogen-bond acceptors (Lipinski definition) is 5. The summed E-state index contributed by atoms with van der Waals surface area (Å²) in [5, 5.41) is 1.01. The van der Waals surface area contributed by atoms with Gasteiger partial charge in [-0.2, -0.15) is 4.98 Å². The molecule has 96 valence electrons. The molecular weight excluding hydrogens is 228 g/mol. The fourth-order valence-corrected chi connectivity index (χ4v) is 1.82. The number of anilines is 2. The van der Waals surface area contributed by atoms with Crippen molar-refractivity contribution in [1.29, 1.82) is 0 Å². The third-order valence-corrected chi connectivity index (χ3v) is 2.74. The van der Waals surface area contributed by atoms with E-state index < -0.39 is 0 Å². The number of benzene rings is 1. The van der Waals surface area contributed by atoms with E-state index in [1.807, 2.05) is 43.1 Å². The van der Waals surface area contributed by atoms with Crippen LogP contribution in [0.3, 0.4) is 0 Å². The van der Waals surface area contributed by atoms with Crippen LogP contribution < -0.4 is 10.6 Å². The molecule has 5 heteroatoms. The van der Waals surface area contributed by atoms with E-state index in [0.29, 0.717) is 12.6 Å². The Kier molecular flexibility index (Phi) is 3.94. The Bertz CT molecular complexity index is 529. The average Bonchev–Trinajstić information content (AvgIpc) is 2.38. The summed E-state index contributed by atoms with van der Waals surface area (Å²) in [7, 11) is 1.98. The van der Waals surface area contributed by atoms with Crippen molar-refractivity contribution < 1.29 is 4.74 Å². The quantitative estimate of drug-likeness (QED) is 0.813. The standard InChI is InChI=1S/C13H18N4O/c1-3-18-9-8-17(2)12-10-6-4-5-7-11(10)15-13(14)16-12/h4-7H,3,8-9H2,1-2H3,(H2,14,15,16). The summed E-state index contributed by atoms with van der Waals surface area (Å²) in [6, 6.07) is 7.86. The summed E-state index contributed by atoms with van der Waals surface area (Å²) < 4.78 is 5.35. The van der Waals surface area contributed by atoms with Crippen LogP contribution in [0.5, 0.6) is 0 Å². The van der Waals surface area contributed by atoms with Gasteiger partial charge >= 0.3 is 0 Å². The second-order valence-corrected chi connectivity index (χ2v) is 4.04. The fraction of sp³-hybridized carbons (Fsp3) is 0.385. The molecule has 18 heavy (non-hydrogen) atoms. The molecule has 0 aliphatic heterocycles. The zero-order valence-electron chi connectivity index (χ0n) is 10.8. The lowest BCUT2D eigenvalue weighted by Crippen LogP contribution is -2.24. The first-order valence-corrected chi connectivity index (χ1v) is 6.03. The lowest BCUT2D eigenvalue weighted by molar-refractivity contribution is 0.154. The lowest BCUT2D eigenvalue weighted by Gasteiger charge is -2.19. The number of likely N-dealkylation sites (N-methyl/N-ethyl adjacent to an activating group) is 1. The fourth-order valence-electron chi connectivity index (χ4n) is 1.82. The minimum Gasteiger partial charge on any atom is -0.380 e. The number of para-hydroxylation sites is 1. The van der Waals surface area contributed by atoms with E-state index in [9.17, 15) is 0 Å². The molecule has 1 heterocycles. The zero-order chi connectivity index (χ0) is 13.0. The number of nitrogens with zero attached hydrogens (tertiary/aromatic N) is 3. The van der Waals surface area contributed by atoms with Gasteiger partial charge < -0.3 is 15.4 Å². The topological polar surface area (TPSA) is 64.3 Å². The van der Waals surface area contributed by atoms with E-state index in [4.69, 9.17) is 10.5 Å². The molecule has 0 bridgehead atoms. The van der Waals surface area contributed by atoms with Crippen molar-refractivity contribution >= 4 is 22.7 Å². The average molecular weight is 246 g/mol. The van der Waals surface area contributed by atoms with E-state index in [1.165, 1.54) is 0 Å². The molecule has 2 rings (SSSR count). The second-order valence-electron chi connectivity index (χ2n) is 4.04. The molecular formula is C13H18N4O. The maximum atomic E-state index is 5.74. The van der Waals surface area contributed by atoms with Gasteiger partial charge in [-0.05, 0) is 19.1 Å². The highest BCUT2D eigenvalue weighted by Gasteiger charge is 2.09. The Balaban J connectivity index is 2.31. The number of rotatable bonds is 5. The van der Waals surface area contributed by atoms with E-state index in [0.717, 1.165) is 29.9 Å². The Morgan fingerprint density at radius 1 is 1.28 bits per heavy atom. The monoisotopic (exact) mass is 246 g/mol. The highest BCUT2D eigenvalue weighted by molar-refractivity contribution is 5.90. The SMILES string of the molecule is CCOCCN(C)c1nc(N)nc2ccccc12. The predicted octanol–water partition coefficient (Wildman–Crippen LogP) is 1.68. The molecule has 0 radical (unpaired) electrons. The van der Waals surface area contributed by atoms with Crippen LogP contribution in [-0.4, -0.2) is 36.8 Å². The molecule has 0 saturated carbocycles. The van der Waals surface area contributed by atoms with Crippen molar-refractivity contribution in [2.75, 3.05) is 37.4 Å². The summed E-state index contributed by atoms with van der Waals surface area (Å²) >= 11 is 0. The Morgan fingerprint density at radius 3 is 2.83 bits per heavy atom. The van der Waals surface area contributed by atoms with E-state index in [2.05, 4.69) is 9.97 Å². The predicted molar refractivity (Wildman–Crippen MR) is 73.7 cm³/mol. The Labute approximate surface area is 107 Å². The van der Waals surface area contributed by atoms with Gasteiger partial charge in [-0.1, -0.05) is 12.1 Å². The van der Waals surface area contributed by atoms with Crippen molar-refractivity contribution in [3.05, 3.63) is 24.3 Å². The molecule has 0 aliphatic carbocycles. The minimum atomic E-state index is 0.298. The summed E-state index contributed by atoms with van der Waals surface area (Å²) in [6.07, 6.45) is 0. The first-order valence-electron chi connectivity index (χ1n) is 6.03. The van der Waals surface area contributed by atoms with Gasteiger partial charge in [0.15, 0.2) is 0 Å². The largest absolute Gasteiger partial charge is 0.380 e. The molecule has 2 aromatic rings. The smallest absolute Gasteiger partial charge is 0.222 e. The van der Waals surface area contributed by atoms with Crippen LogP contribution in [0, 0.1) is 0 Å². The summed E-state index contributed by atoms with van der Waals surface area (Å²) in [5.41, 5.74) is 6.60. The second kappa shape index (κ2) is 5.64. The number of hydrogen-bond donors (Lipinski definition) is 1. The normalized spacial score (nSPS) is 10.8. The van der Waals surface area contributed by atoms with Gasteiger partial charge in [0, 0.05) is 25.6 Å². The van der Waals surface area contributed by atoms with Crippen molar-refractivity contribution in [2.24, 2.45) is 0 Å². The van der Waals surface area contributed by atoms with Crippen LogP contribution >= 0.6 is 0 Å². The first kappa shape index (κ1) is 12.6. The van der Waals surface area contributed by atoms with Crippen molar-refractivity contribution in [1.82, 2.24) is 9.97 Å². The molecule has 0 unspecified atom stereocenters. The Hall–Kier alpha value is -1.88. The summed E-state index contributed by atoms with van der Waals surface area (Å²) in [5.74, 6) is 1.14. The van der Waals surface area contributed by atoms with Crippen LogP contribution in [0.15, 0.2) is 24.3 Å². The molecule has 0 spiro atoms. The number of fused-ring (bicyclic) bond motifs is 1. The van der Waals surface area contributed by atoms with Gasteiger partial charge in [0.05, 0.1) is 12.1 Å². The Morgan fingerprint density at radius 2 is 2.06 bits per heavy atom. The summed E-state index contributed by atoms with van der Waals surface area (Å²) in [6.45, 7) is 4.15. The third-order valence-electron chi connectivity index (χ3n) is 2.74. The van der Waals surface area contributed by atoms with Gasteiger partial charge in [-0.3, -0.25) is 0 Å². The van der Waals surface area contributed by atoms with Gasteiger partial charge in [0.1, 0.15) is 5.82 Å². The molecule has 5 nitrogen and oxygen atoms in total. The number of nitrogens with two attached hydrogens (primary N) is 1. The van der Waals surface area contributed by atoms with Crippen LogP contribution in [0.25, 0.3) is 10.9 Å². The molecule has 0 aliphatic rings. The van der Waals surface area contributed by atoms with Crippen molar-refractivity contribution in [3.63, 3.8) is 0 Å². The molecule has 0 amide bonds. The highest BCUT2D eigenvalue weighted by Crippen LogP contribution is 2.23. The van der Waals surface area contributed by atoms with Crippen LogP contribution in [-0.2, 0) is 4.74 Å². The number of ether oxygens (including phenoxy) is 1. The van der Waals surface area contributed by atoms with Crippen molar-refractivity contribution in [2.45, 2.75) is 6.92 Å². The van der Waals surface area contributed by atoms with E-state index in [1.54, 1.807) is 0 Å². The molecule has 1 aromatic heterocycles. The van der Waals surface area contributed by atoms with Gasteiger partial charge in [-0.25, -0.2) is 4.98 Å². The number of nitrogen functional groups attached to an aromatic ring is 1. The molecule has 0 atom stereocenters. The first-order chi connectivity index (χ1) is 8.72. The molecule has 0 fully saturated rings. The van der Waals surface area contributed by atoms with Gasteiger partial charge in [0.25, 0.3) is 0 Å². The van der Waals surface area contributed by atoms with E-state index in [-0.39, 0.29) is 0 Å². The minimum absolute atomic E-state index is 0.298. The highest BCUT2D eigenvalue weighted by atomic mass is 16.5. The van der Waals surface area contributed by atoms with Crippen LogP contribution in [0.2, 0.25) is 0 Å². The van der Waals surface area contributed by atoms with Crippen LogP contribution in [0.4, 0.5) is 11.8 Å². The van der Waals surface area contributed by atoms with Crippen LogP contribution in [0.1, 0.15) is 6.92 Å². The zero-order valence-corrected chi connectivity index (χ0v) is 10.8. The van der Waals surface area contributed by atoms with Gasteiger partial charge in [0.2, 0.25) is 5.95 Å². The van der Waals surface area contributed by atoms with Gasteiger partial charge in [-0.15, -0.1) is 0 Å².